The quantitative estimate of drug-likeness (QED) is 0.800. The Labute approximate surface area is 87.6 Å². The van der Waals surface area contributed by atoms with Gasteiger partial charge in [0.1, 0.15) is 0 Å². The molecule has 1 saturated heterocycles. The Bertz CT molecular complexity index is 477. The van der Waals surface area contributed by atoms with Gasteiger partial charge in [-0.2, -0.15) is 0 Å². The molecule has 3 rings (SSSR count). The summed E-state index contributed by atoms with van der Waals surface area (Å²) in [6.45, 7) is 1.71. The molecule has 1 aromatic carbocycles. The minimum Gasteiger partial charge on any atom is -0.354 e. The summed E-state index contributed by atoms with van der Waals surface area (Å²) >= 11 is 0. The Morgan fingerprint density at radius 3 is 3.07 bits per heavy atom. The van der Waals surface area contributed by atoms with Crippen LogP contribution in [0.25, 0.3) is 11.0 Å². The predicted molar refractivity (Wildman–Crippen MR) is 58.8 cm³/mol. The highest BCUT2D eigenvalue weighted by Gasteiger charge is 2.30. The second-order valence-corrected chi connectivity index (χ2v) is 3.87. The van der Waals surface area contributed by atoms with Gasteiger partial charge in [0.2, 0.25) is 0 Å². The van der Waals surface area contributed by atoms with E-state index in [0.717, 1.165) is 29.8 Å². The highest BCUT2D eigenvalue weighted by Crippen LogP contribution is 2.31. The molecule has 1 unspecified atom stereocenters. The minimum absolute atomic E-state index is 0.429. The molecule has 4 nitrogen and oxygen atoms in total. The summed E-state index contributed by atoms with van der Waals surface area (Å²) < 4.78 is 5.27. The van der Waals surface area contributed by atoms with Crippen molar-refractivity contribution in [1.82, 2.24) is 5.16 Å². The summed E-state index contributed by atoms with van der Waals surface area (Å²) in [5, 5.41) is 5.19. The van der Waals surface area contributed by atoms with Crippen molar-refractivity contribution in [3.63, 3.8) is 0 Å². The summed E-state index contributed by atoms with van der Waals surface area (Å²) in [6.07, 6.45) is 1.15. The van der Waals surface area contributed by atoms with Gasteiger partial charge in [-0.15, -0.1) is 0 Å². The molecule has 2 aromatic rings. The third-order valence-corrected chi connectivity index (χ3v) is 3.05. The van der Waals surface area contributed by atoms with Crippen LogP contribution in [0.5, 0.6) is 0 Å². The number of rotatable bonds is 2. The maximum Gasteiger partial charge on any atom is 0.180 e. The lowest BCUT2D eigenvalue weighted by Gasteiger charge is -2.40. The van der Waals surface area contributed by atoms with Crippen molar-refractivity contribution in [2.24, 2.45) is 5.73 Å². The third kappa shape index (κ3) is 1.22. The van der Waals surface area contributed by atoms with Gasteiger partial charge in [-0.1, -0.05) is 17.3 Å². The van der Waals surface area contributed by atoms with E-state index in [9.17, 15) is 0 Å². The molecule has 2 heterocycles. The minimum atomic E-state index is 0.429. The van der Waals surface area contributed by atoms with Crippen LogP contribution >= 0.6 is 0 Å². The van der Waals surface area contributed by atoms with E-state index in [1.54, 1.807) is 0 Å². The first kappa shape index (κ1) is 8.73. The monoisotopic (exact) mass is 203 g/mol. The van der Waals surface area contributed by atoms with E-state index < -0.39 is 0 Å². The van der Waals surface area contributed by atoms with E-state index in [1.807, 2.05) is 24.3 Å². The lowest BCUT2D eigenvalue weighted by Crippen LogP contribution is -2.52. The van der Waals surface area contributed by atoms with Gasteiger partial charge in [-0.3, -0.25) is 0 Å². The number of benzene rings is 1. The van der Waals surface area contributed by atoms with Crippen LogP contribution in [0.3, 0.4) is 0 Å². The maximum atomic E-state index is 5.67. The number of hydrogen-bond donors (Lipinski definition) is 1. The number of fused-ring (bicyclic) bond motifs is 1. The molecule has 0 saturated carbocycles. The highest BCUT2D eigenvalue weighted by molar-refractivity contribution is 5.88. The van der Waals surface area contributed by atoms with Crippen LogP contribution in [-0.2, 0) is 0 Å². The van der Waals surface area contributed by atoms with E-state index in [0.29, 0.717) is 12.6 Å². The van der Waals surface area contributed by atoms with Gasteiger partial charge in [-0.25, -0.2) is 0 Å². The largest absolute Gasteiger partial charge is 0.354 e. The zero-order valence-electron chi connectivity index (χ0n) is 8.39. The summed E-state index contributed by atoms with van der Waals surface area (Å²) in [6, 6.07) is 8.35. The first-order valence-corrected chi connectivity index (χ1v) is 5.21. The molecule has 78 valence electrons. The van der Waals surface area contributed by atoms with Crippen molar-refractivity contribution in [1.29, 1.82) is 0 Å². The van der Waals surface area contributed by atoms with E-state index in [2.05, 4.69) is 10.1 Å². The first-order valence-electron chi connectivity index (χ1n) is 5.21. The number of nitrogens with zero attached hydrogens (tertiary/aromatic N) is 2. The molecule has 0 amide bonds. The molecule has 2 N–H and O–H groups in total. The average molecular weight is 203 g/mol. The zero-order valence-corrected chi connectivity index (χ0v) is 8.39. The van der Waals surface area contributed by atoms with Gasteiger partial charge in [0.15, 0.2) is 11.4 Å². The Kier molecular flexibility index (Phi) is 1.89. The molecule has 0 radical (unpaired) electrons. The molecule has 1 atom stereocenters. The van der Waals surface area contributed by atoms with Crippen molar-refractivity contribution < 1.29 is 4.52 Å². The van der Waals surface area contributed by atoms with E-state index >= 15 is 0 Å². The molecular formula is C11H13N3O. The number of para-hydroxylation sites is 1. The van der Waals surface area contributed by atoms with E-state index in [1.165, 1.54) is 0 Å². The Balaban J connectivity index is 2.04. The molecule has 1 aliphatic heterocycles. The van der Waals surface area contributed by atoms with Gasteiger partial charge >= 0.3 is 0 Å². The van der Waals surface area contributed by atoms with Gasteiger partial charge in [0, 0.05) is 19.1 Å². The second-order valence-electron chi connectivity index (χ2n) is 3.87. The lowest BCUT2D eigenvalue weighted by molar-refractivity contribution is 0.416. The molecule has 0 bridgehead atoms. The molecule has 15 heavy (non-hydrogen) atoms. The topological polar surface area (TPSA) is 55.3 Å². The molecule has 1 aliphatic rings. The van der Waals surface area contributed by atoms with Crippen molar-refractivity contribution in [3.8, 4) is 0 Å². The molecule has 1 aromatic heterocycles. The normalized spacial score (nSPS) is 20.6. The zero-order chi connectivity index (χ0) is 10.3. The molecule has 4 heteroatoms. The van der Waals surface area contributed by atoms with E-state index in [4.69, 9.17) is 10.3 Å². The van der Waals surface area contributed by atoms with E-state index in [-0.39, 0.29) is 0 Å². The SMILES string of the molecule is NCC1CCN1c1noc2ccccc12. The van der Waals surface area contributed by atoms with Gasteiger partial charge in [0.25, 0.3) is 0 Å². The molecule has 0 aliphatic carbocycles. The summed E-state index contributed by atoms with van der Waals surface area (Å²) in [5.74, 6) is 0.937. The molecular weight excluding hydrogens is 190 g/mol. The first-order chi connectivity index (χ1) is 7.40. The van der Waals surface area contributed by atoms with Crippen LogP contribution in [0.15, 0.2) is 28.8 Å². The number of anilines is 1. The van der Waals surface area contributed by atoms with Crippen LogP contribution in [0.4, 0.5) is 5.82 Å². The van der Waals surface area contributed by atoms with Crippen LogP contribution in [0.1, 0.15) is 6.42 Å². The summed E-state index contributed by atoms with van der Waals surface area (Å²) in [5.41, 5.74) is 6.52. The Hall–Kier alpha value is -1.55. The maximum absolute atomic E-state index is 5.67. The van der Waals surface area contributed by atoms with Crippen molar-refractivity contribution in [2.45, 2.75) is 12.5 Å². The fraction of sp³-hybridized carbons (Fsp3) is 0.364. The predicted octanol–water partition coefficient (Wildman–Crippen LogP) is 1.37. The second kappa shape index (κ2) is 3.24. The fourth-order valence-electron chi connectivity index (χ4n) is 2.04. The average Bonchev–Trinajstić information content (AvgIpc) is 2.62. The smallest absolute Gasteiger partial charge is 0.180 e. The third-order valence-electron chi connectivity index (χ3n) is 3.05. The van der Waals surface area contributed by atoms with Gasteiger partial charge in [-0.05, 0) is 18.6 Å². The van der Waals surface area contributed by atoms with Crippen LogP contribution < -0.4 is 10.6 Å². The van der Waals surface area contributed by atoms with Gasteiger partial charge < -0.3 is 15.2 Å². The summed E-state index contributed by atoms with van der Waals surface area (Å²) in [4.78, 5) is 2.21. The lowest BCUT2D eigenvalue weighted by atomic mass is 10.0. The van der Waals surface area contributed by atoms with Crippen LogP contribution in [0.2, 0.25) is 0 Å². The Morgan fingerprint density at radius 1 is 1.47 bits per heavy atom. The number of nitrogens with two attached hydrogens (primary N) is 1. The Morgan fingerprint density at radius 2 is 2.33 bits per heavy atom. The number of hydrogen-bond acceptors (Lipinski definition) is 4. The molecule has 1 fully saturated rings. The van der Waals surface area contributed by atoms with Crippen molar-refractivity contribution in [3.05, 3.63) is 24.3 Å². The standard InChI is InChI=1S/C11H13N3O/c12-7-8-5-6-14(8)11-9-3-1-2-4-10(9)15-13-11/h1-4,8H,5-7,12H2. The van der Waals surface area contributed by atoms with Crippen molar-refractivity contribution >= 4 is 16.8 Å². The van der Waals surface area contributed by atoms with Crippen LogP contribution in [-0.4, -0.2) is 24.3 Å². The van der Waals surface area contributed by atoms with Crippen LogP contribution in [0, 0.1) is 0 Å². The highest BCUT2D eigenvalue weighted by atomic mass is 16.5. The molecule has 0 spiro atoms. The van der Waals surface area contributed by atoms with Gasteiger partial charge in [0.05, 0.1) is 5.39 Å². The van der Waals surface area contributed by atoms with Crippen molar-refractivity contribution in [2.75, 3.05) is 18.0 Å². The fourth-order valence-corrected chi connectivity index (χ4v) is 2.04. The summed E-state index contributed by atoms with van der Waals surface area (Å²) in [7, 11) is 0. The number of aromatic nitrogens is 1.